The van der Waals surface area contributed by atoms with Crippen molar-refractivity contribution in [2.75, 3.05) is 0 Å². The van der Waals surface area contributed by atoms with Crippen LogP contribution in [-0.4, -0.2) is 15.0 Å². The minimum absolute atomic E-state index is 0.183. The summed E-state index contributed by atoms with van der Waals surface area (Å²) < 4.78 is 2.51. The molecule has 0 fully saturated rings. The molecular formula is C27H16ClN3S. The van der Waals surface area contributed by atoms with Gasteiger partial charge in [0.25, 0.3) is 0 Å². The summed E-state index contributed by atoms with van der Waals surface area (Å²) in [5, 5.41) is 2.62. The first kappa shape index (κ1) is 19.1. The van der Waals surface area contributed by atoms with E-state index in [1.54, 1.807) is 11.3 Å². The van der Waals surface area contributed by atoms with E-state index in [0.29, 0.717) is 11.6 Å². The normalized spacial score (nSPS) is 11.3. The van der Waals surface area contributed by atoms with Crippen LogP contribution in [0.3, 0.4) is 0 Å². The molecule has 0 N–H and O–H groups in total. The van der Waals surface area contributed by atoms with E-state index in [1.807, 2.05) is 36.4 Å². The van der Waals surface area contributed by atoms with Gasteiger partial charge >= 0.3 is 0 Å². The van der Waals surface area contributed by atoms with Crippen LogP contribution >= 0.6 is 22.9 Å². The molecule has 0 unspecified atom stereocenters. The lowest BCUT2D eigenvalue weighted by Gasteiger charge is -2.10. The molecule has 2 aromatic heterocycles. The number of fused-ring (bicyclic) bond motifs is 3. The molecule has 0 saturated heterocycles. The van der Waals surface area contributed by atoms with Crippen molar-refractivity contribution in [3.05, 3.63) is 102 Å². The van der Waals surface area contributed by atoms with Crippen LogP contribution in [0.15, 0.2) is 97.1 Å². The van der Waals surface area contributed by atoms with Crippen molar-refractivity contribution in [2.24, 2.45) is 0 Å². The summed E-state index contributed by atoms with van der Waals surface area (Å²) in [7, 11) is 0. The van der Waals surface area contributed by atoms with Crippen molar-refractivity contribution in [1.82, 2.24) is 15.0 Å². The zero-order valence-corrected chi connectivity index (χ0v) is 18.4. The molecule has 0 bridgehead atoms. The standard InChI is InChI=1S/C27H16ClN3S/c28-27-30-25(18-14-15-24-22(16-18)20-11-6-7-13-23(20)32-24)29-26(31-27)21-12-5-4-10-19(21)17-8-2-1-3-9-17/h1-16H. The lowest BCUT2D eigenvalue weighted by Crippen LogP contribution is -1.98. The molecule has 6 aromatic rings. The van der Waals surface area contributed by atoms with Gasteiger partial charge in [0.1, 0.15) is 0 Å². The van der Waals surface area contributed by atoms with Gasteiger partial charge in [-0.05, 0) is 47.0 Å². The van der Waals surface area contributed by atoms with Crippen LogP contribution in [-0.2, 0) is 0 Å². The summed E-state index contributed by atoms with van der Waals surface area (Å²) in [6, 6.07) is 33.1. The summed E-state index contributed by atoms with van der Waals surface area (Å²) in [6.45, 7) is 0. The van der Waals surface area contributed by atoms with Gasteiger partial charge in [0.05, 0.1) is 0 Å². The first-order valence-corrected chi connectivity index (χ1v) is 11.4. The third-order valence-corrected chi connectivity index (χ3v) is 6.82. The molecule has 0 saturated carbocycles. The van der Waals surface area contributed by atoms with Crippen LogP contribution < -0.4 is 0 Å². The second-order valence-electron chi connectivity index (χ2n) is 7.47. The fourth-order valence-electron chi connectivity index (χ4n) is 4.01. The number of hydrogen-bond acceptors (Lipinski definition) is 4. The SMILES string of the molecule is Clc1nc(-c2ccc3sc4ccccc4c3c2)nc(-c2ccccc2-c2ccccc2)n1. The highest BCUT2D eigenvalue weighted by Crippen LogP contribution is 2.36. The van der Waals surface area contributed by atoms with Crippen LogP contribution in [0.25, 0.3) is 54.1 Å². The molecule has 0 aliphatic rings. The van der Waals surface area contributed by atoms with Gasteiger partial charge in [-0.2, -0.15) is 9.97 Å². The van der Waals surface area contributed by atoms with Crippen molar-refractivity contribution in [1.29, 1.82) is 0 Å². The Bertz CT molecular complexity index is 1590. The van der Waals surface area contributed by atoms with Gasteiger partial charge in [0.15, 0.2) is 11.6 Å². The highest BCUT2D eigenvalue weighted by molar-refractivity contribution is 7.25. The van der Waals surface area contributed by atoms with E-state index in [-0.39, 0.29) is 5.28 Å². The topological polar surface area (TPSA) is 38.7 Å². The van der Waals surface area contributed by atoms with Gasteiger partial charge in [0, 0.05) is 31.3 Å². The molecule has 0 aliphatic carbocycles. The van der Waals surface area contributed by atoms with E-state index < -0.39 is 0 Å². The van der Waals surface area contributed by atoms with Gasteiger partial charge in [0.2, 0.25) is 5.28 Å². The van der Waals surface area contributed by atoms with Crippen LogP contribution in [0.4, 0.5) is 0 Å². The zero-order chi connectivity index (χ0) is 21.5. The molecule has 0 aliphatic heterocycles. The molecule has 0 spiro atoms. The van der Waals surface area contributed by atoms with Crippen molar-refractivity contribution in [2.45, 2.75) is 0 Å². The summed E-state index contributed by atoms with van der Waals surface area (Å²) in [4.78, 5) is 13.7. The van der Waals surface area contributed by atoms with Gasteiger partial charge < -0.3 is 0 Å². The van der Waals surface area contributed by atoms with Crippen molar-refractivity contribution in [3.63, 3.8) is 0 Å². The predicted octanol–water partition coefficient (Wildman–Crippen LogP) is 7.89. The van der Waals surface area contributed by atoms with E-state index in [9.17, 15) is 0 Å². The minimum atomic E-state index is 0.183. The third kappa shape index (κ3) is 3.34. The first-order chi connectivity index (χ1) is 15.8. The molecule has 32 heavy (non-hydrogen) atoms. The summed E-state index contributed by atoms with van der Waals surface area (Å²) in [5.74, 6) is 1.13. The minimum Gasteiger partial charge on any atom is -0.208 e. The monoisotopic (exact) mass is 449 g/mol. The number of nitrogens with zero attached hydrogens (tertiary/aromatic N) is 3. The highest BCUT2D eigenvalue weighted by atomic mass is 35.5. The first-order valence-electron chi connectivity index (χ1n) is 10.2. The second-order valence-corrected chi connectivity index (χ2v) is 8.89. The molecule has 3 nitrogen and oxygen atoms in total. The molecular weight excluding hydrogens is 434 g/mol. The van der Waals surface area contributed by atoms with Crippen molar-refractivity contribution >= 4 is 43.1 Å². The molecule has 6 rings (SSSR count). The number of halogens is 1. The lowest BCUT2D eigenvalue weighted by atomic mass is 9.99. The molecule has 4 aromatic carbocycles. The van der Waals surface area contributed by atoms with Crippen molar-refractivity contribution in [3.8, 4) is 33.9 Å². The maximum absolute atomic E-state index is 6.38. The average Bonchev–Trinajstić information content (AvgIpc) is 3.22. The zero-order valence-electron chi connectivity index (χ0n) is 16.9. The third-order valence-electron chi connectivity index (χ3n) is 5.50. The molecule has 2 heterocycles. The smallest absolute Gasteiger partial charge is 0.208 e. The second kappa shape index (κ2) is 7.83. The molecule has 152 valence electrons. The summed E-state index contributed by atoms with van der Waals surface area (Å²) in [6.07, 6.45) is 0. The van der Waals surface area contributed by atoms with Crippen molar-refractivity contribution < 1.29 is 0 Å². The maximum Gasteiger partial charge on any atom is 0.226 e. The Morgan fingerprint density at radius 2 is 1.22 bits per heavy atom. The number of hydrogen-bond donors (Lipinski definition) is 0. The van der Waals surface area contributed by atoms with Crippen LogP contribution in [0.2, 0.25) is 5.28 Å². The Morgan fingerprint density at radius 1 is 0.531 bits per heavy atom. The number of aromatic nitrogens is 3. The van der Waals surface area contributed by atoms with E-state index in [1.165, 1.54) is 20.2 Å². The van der Waals surface area contributed by atoms with E-state index >= 15 is 0 Å². The highest BCUT2D eigenvalue weighted by Gasteiger charge is 2.14. The van der Waals surface area contributed by atoms with Gasteiger partial charge in [-0.1, -0.05) is 72.8 Å². The van der Waals surface area contributed by atoms with Crippen LogP contribution in [0.5, 0.6) is 0 Å². The fraction of sp³-hybridized carbons (Fsp3) is 0. The Labute approximate surface area is 194 Å². The van der Waals surface area contributed by atoms with E-state index in [0.717, 1.165) is 22.3 Å². The lowest BCUT2D eigenvalue weighted by molar-refractivity contribution is 1.07. The molecule has 0 atom stereocenters. The Morgan fingerprint density at radius 3 is 2.09 bits per heavy atom. The molecule has 5 heteroatoms. The summed E-state index contributed by atoms with van der Waals surface area (Å²) >= 11 is 8.17. The van der Waals surface area contributed by atoms with Gasteiger partial charge in [-0.25, -0.2) is 4.98 Å². The van der Waals surface area contributed by atoms with Crippen LogP contribution in [0, 0.1) is 0 Å². The Balaban J connectivity index is 1.52. The fourth-order valence-corrected chi connectivity index (χ4v) is 5.26. The largest absolute Gasteiger partial charge is 0.226 e. The van der Waals surface area contributed by atoms with Crippen LogP contribution in [0.1, 0.15) is 0 Å². The molecule has 0 amide bonds. The predicted molar refractivity (Wildman–Crippen MR) is 134 cm³/mol. The number of rotatable bonds is 3. The quantitative estimate of drug-likeness (QED) is 0.275. The number of benzene rings is 4. The maximum atomic E-state index is 6.38. The Hall–Kier alpha value is -3.60. The van der Waals surface area contributed by atoms with Gasteiger partial charge in [-0.3, -0.25) is 0 Å². The molecule has 0 radical (unpaired) electrons. The average molecular weight is 450 g/mol. The summed E-state index contributed by atoms with van der Waals surface area (Å²) in [5.41, 5.74) is 4.00. The number of thiophene rings is 1. The van der Waals surface area contributed by atoms with E-state index in [4.69, 9.17) is 16.6 Å². The van der Waals surface area contributed by atoms with Gasteiger partial charge in [-0.15, -0.1) is 11.3 Å². The Kier molecular flexibility index (Phi) is 4.67. The van der Waals surface area contributed by atoms with E-state index in [2.05, 4.69) is 70.6 Å².